The van der Waals surface area contributed by atoms with Crippen LogP contribution in [0.3, 0.4) is 0 Å². The molecule has 2 aromatic rings. The number of carbonyl (C=O) groups is 2. The second-order valence-corrected chi connectivity index (χ2v) is 9.51. The van der Waals surface area contributed by atoms with Crippen LogP contribution in [0.1, 0.15) is 58.7 Å². The number of aliphatic carboxylic acids is 1. The number of thiol groups is 1. The summed E-state index contributed by atoms with van der Waals surface area (Å²) in [5, 5.41) is 16.7. The molecule has 0 bridgehead atoms. The Morgan fingerprint density at radius 1 is 1.39 bits per heavy atom. The number of thiazole rings is 1. The smallest absolute Gasteiger partial charge is 0.311 e. The number of carboxylic acid groups (broad SMARTS) is 1. The molecule has 1 aromatic heterocycles. The molecule has 1 fully saturated rings. The van der Waals surface area contributed by atoms with Gasteiger partial charge in [0.25, 0.3) is 0 Å². The van der Waals surface area contributed by atoms with E-state index in [1.54, 1.807) is 16.9 Å². The van der Waals surface area contributed by atoms with Crippen molar-refractivity contribution in [3.63, 3.8) is 0 Å². The van der Waals surface area contributed by atoms with E-state index in [1.807, 2.05) is 37.3 Å². The van der Waals surface area contributed by atoms with Crippen molar-refractivity contribution in [2.24, 2.45) is 10.6 Å². The van der Waals surface area contributed by atoms with E-state index in [0.29, 0.717) is 37.0 Å². The number of carboxylic acids is 1. The predicted octanol–water partition coefficient (Wildman–Crippen LogP) is 6.08. The monoisotopic (exact) mass is 482 g/mol. The predicted molar refractivity (Wildman–Crippen MR) is 135 cm³/mol. The standard InChI is InChI=1S/C25H26N2O4S2/c1-16(6-5-11-32)23-27-21(14-33-23)22(28)17(2)12-18-7-3-4-8-20(18)19-9-10-25(13-19,15-26-31)24(29)30/h3-8,11,14,19,32H,2,9-10,12-13,15H2,1H3,(H,29,30)/b11-5-,16-6+. The third kappa shape index (κ3) is 5.57. The van der Waals surface area contributed by atoms with Crippen molar-refractivity contribution in [3.05, 3.63) is 86.1 Å². The molecule has 0 radical (unpaired) electrons. The summed E-state index contributed by atoms with van der Waals surface area (Å²) in [5.41, 5.74) is 2.55. The van der Waals surface area contributed by atoms with Crippen LogP contribution in [0.25, 0.3) is 5.57 Å². The zero-order chi connectivity index (χ0) is 24.0. The van der Waals surface area contributed by atoms with Gasteiger partial charge in [0.05, 0.1) is 12.0 Å². The highest BCUT2D eigenvalue weighted by atomic mass is 32.1. The Hall–Kier alpha value is -2.84. The molecule has 1 aromatic carbocycles. The van der Waals surface area contributed by atoms with Crippen molar-refractivity contribution in [3.8, 4) is 0 Å². The Balaban J connectivity index is 1.77. The highest BCUT2D eigenvalue weighted by molar-refractivity contribution is 7.83. The fraction of sp³-hybridized carbons (Fsp3) is 0.320. The van der Waals surface area contributed by atoms with E-state index >= 15 is 0 Å². The first-order chi connectivity index (χ1) is 15.8. The topological polar surface area (TPSA) is 96.7 Å². The molecule has 3 rings (SSSR count). The maximum absolute atomic E-state index is 13.0. The van der Waals surface area contributed by atoms with Gasteiger partial charge in [-0.25, -0.2) is 4.98 Å². The summed E-state index contributed by atoms with van der Waals surface area (Å²) in [7, 11) is 0. The lowest BCUT2D eigenvalue weighted by Crippen LogP contribution is -2.31. The molecule has 0 aliphatic heterocycles. The number of benzene rings is 1. The van der Waals surface area contributed by atoms with Gasteiger partial charge in [0.1, 0.15) is 10.7 Å². The van der Waals surface area contributed by atoms with Crippen molar-refractivity contribution in [2.45, 2.75) is 38.5 Å². The van der Waals surface area contributed by atoms with Crippen molar-refractivity contribution >= 4 is 41.3 Å². The van der Waals surface area contributed by atoms with Gasteiger partial charge in [0.2, 0.25) is 5.78 Å². The van der Waals surface area contributed by atoms with Crippen LogP contribution in [0, 0.1) is 10.3 Å². The molecule has 0 saturated heterocycles. The summed E-state index contributed by atoms with van der Waals surface area (Å²) in [4.78, 5) is 40.1. The lowest BCUT2D eigenvalue weighted by atomic mass is 9.83. The maximum atomic E-state index is 13.0. The van der Waals surface area contributed by atoms with E-state index in [2.05, 4.69) is 29.4 Å². The number of Topliss-reactive ketones (excluding diaryl/α,β-unsaturated/α-hetero) is 1. The van der Waals surface area contributed by atoms with Crippen molar-refractivity contribution in [1.29, 1.82) is 0 Å². The minimum Gasteiger partial charge on any atom is -0.481 e. The molecule has 2 atom stereocenters. The molecule has 1 N–H and O–H groups in total. The van der Waals surface area contributed by atoms with Gasteiger partial charge in [-0.05, 0) is 59.8 Å². The SMILES string of the molecule is C=C(Cc1ccccc1C1CCC(CN=O)(C(=O)O)C1)C(=O)c1csc(/C(C)=C/C=C\S)n1. The summed E-state index contributed by atoms with van der Waals surface area (Å²) in [6.45, 7) is 5.71. The third-order valence-corrected chi connectivity index (χ3v) is 7.31. The molecule has 2 unspecified atom stereocenters. The molecule has 8 heteroatoms. The first kappa shape index (κ1) is 24.8. The number of ketones is 1. The Bertz CT molecular complexity index is 1130. The molecule has 1 heterocycles. The van der Waals surface area contributed by atoms with Gasteiger partial charge in [-0.3, -0.25) is 9.59 Å². The van der Waals surface area contributed by atoms with Crippen molar-refractivity contribution in [1.82, 2.24) is 4.98 Å². The summed E-state index contributed by atoms with van der Waals surface area (Å²) in [6.07, 6.45) is 5.44. The molecular formula is C25H26N2O4S2. The number of nitrogens with zero attached hydrogens (tertiary/aromatic N) is 2. The minimum absolute atomic E-state index is 0.0134. The average Bonchev–Trinajstić information content (AvgIpc) is 3.46. The number of nitroso groups, excluding NO2 is 1. The molecule has 1 aliphatic rings. The summed E-state index contributed by atoms with van der Waals surface area (Å²) in [6, 6.07) is 7.71. The highest BCUT2D eigenvalue weighted by Crippen LogP contribution is 2.48. The van der Waals surface area contributed by atoms with Crippen molar-refractivity contribution in [2.75, 3.05) is 6.54 Å². The third-order valence-electron chi connectivity index (χ3n) is 6.16. The molecule has 0 amide bonds. The number of allylic oxidation sites excluding steroid dienone is 4. The van der Waals surface area contributed by atoms with Crippen LogP contribution in [-0.4, -0.2) is 28.4 Å². The van der Waals surface area contributed by atoms with Gasteiger partial charge in [0.15, 0.2) is 0 Å². The van der Waals surface area contributed by atoms with E-state index in [0.717, 1.165) is 21.7 Å². The van der Waals surface area contributed by atoms with Crippen LogP contribution in [0.4, 0.5) is 0 Å². The second kappa shape index (κ2) is 10.9. The van der Waals surface area contributed by atoms with E-state index < -0.39 is 11.4 Å². The average molecular weight is 483 g/mol. The zero-order valence-electron chi connectivity index (χ0n) is 18.4. The minimum atomic E-state index is -1.11. The lowest BCUT2D eigenvalue weighted by molar-refractivity contribution is -0.148. The maximum Gasteiger partial charge on any atom is 0.311 e. The first-order valence-electron chi connectivity index (χ1n) is 10.6. The Morgan fingerprint density at radius 3 is 2.85 bits per heavy atom. The largest absolute Gasteiger partial charge is 0.481 e. The Kier molecular flexibility index (Phi) is 8.15. The second-order valence-electron chi connectivity index (χ2n) is 8.35. The highest BCUT2D eigenvalue weighted by Gasteiger charge is 2.46. The van der Waals surface area contributed by atoms with E-state index in [9.17, 15) is 19.6 Å². The van der Waals surface area contributed by atoms with Crippen LogP contribution in [0.15, 0.2) is 64.5 Å². The number of hydrogen-bond donors (Lipinski definition) is 2. The fourth-order valence-electron chi connectivity index (χ4n) is 4.32. The molecular weight excluding hydrogens is 456 g/mol. The van der Waals surface area contributed by atoms with Gasteiger partial charge >= 0.3 is 5.97 Å². The van der Waals surface area contributed by atoms with Gasteiger partial charge < -0.3 is 5.11 Å². The van der Waals surface area contributed by atoms with Crippen molar-refractivity contribution < 1.29 is 14.7 Å². The number of aromatic nitrogens is 1. The van der Waals surface area contributed by atoms with Gasteiger partial charge in [0, 0.05) is 11.8 Å². The molecule has 0 spiro atoms. The Labute approximate surface area is 202 Å². The summed E-state index contributed by atoms with van der Waals surface area (Å²) < 4.78 is 0. The molecule has 6 nitrogen and oxygen atoms in total. The quantitative estimate of drug-likeness (QED) is 0.141. The Morgan fingerprint density at radius 2 is 2.15 bits per heavy atom. The van der Waals surface area contributed by atoms with Gasteiger partial charge in [-0.2, -0.15) is 17.5 Å². The number of carbonyl (C=O) groups excluding carboxylic acids is 1. The van der Waals surface area contributed by atoms with Gasteiger partial charge in [-0.15, -0.1) is 11.3 Å². The molecule has 1 saturated carbocycles. The molecule has 33 heavy (non-hydrogen) atoms. The van der Waals surface area contributed by atoms with Crippen LogP contribution in [0.5, 0.6) is 0 Å². The van der Waals surface area contributed by atoms with E-state index in [-0.39, 0.29) is 18.2 Å². The van der Waals surface area contributed by atoms with E-state index in [4.69, 9.17) is 0 Å². The zero-order valence-corrected chi connectivity index (χ0v) is 20.1. The molecule has 172 valence electrons. The fourth-order valence-corrected chi connectivity index (χ4v) is 5.20. The van der Waals surface area contributed by atoms with Crippen LogP contribution in [-0.2, 0) is 11.2 Å². The van der Waals surface area contributed by atoms with E-state index in [1.165, 1.54) is 11.3 Å². The summed E-state index contributed by atoms with van der Waals surface area (Å²) >= 11 is 5.44. The first-order valence-corrected chi connectivity index (χ1v) is 12.0. The number of hydrogen-bond acceptors (Lipinski definition) is 7. The number of rotatable bonds is 10. The lowest BCUT2D eigenvalue weighted by Gasteiger charge is -2.21. The van der Waals surface area contributed by atoms with Gasteiger partial charge in [-0.1, -0.05) is 48.2 Å². The van der Waals surface area contributed by atoms with Crippen LogP contribution in [0.2, 0.25) is 0 Å². The molecule has 1 aliphatic carbocycles. The van der Waals surface area contributed by atoms with Crippen LogP contribution >= 0.6 is 24.0 Å². The summed E-state index contributed by atoms with van der Waals surface area (Å²) in [5.74, 6) is -1.20. The van der Waals surface area contributed by atoms with Crippen LogP contribution < -0.4 is 0 Å². The normalized spacial score (nSPS) is 20.8.